The Morgan fingerprint density at radius 2 is 2.50 bits per heavy atom. The average molecular weight is 214 g/mol. The van der Waals surface area contributed by atoms with Crippen LogP contribution >= 0.6 is 0 Å². The van der Waals surface area contributed by atoms with Gasteiger partial charge < -0.3 is 9.72 Å². The van der Waals surface area contributed by atoms with E-state index in [2.05, 4.69) is 21.8 Å². The van der Waals surface area contributed by atoms with E-state index in [4.69, 9.17) is 4.74 Å². The Balaban J connectivity index is 2.23. The van der Waals surface area contributed by atoms with Gasteiger partial charge in [-0.2, -0.15) is 0 Å². The maximum atomic E-state index is 11.0. The van der Waals surface area contributed by atoms with E-state index in [1.165, 1.54) is 0 Å². The molecule has 1 N–H and O–H groups in total. The summed E-state index contributed by atoms with van der Waals surface area (Å²) < 4.78 is 4.70. The summed E-state index contributed by atoms with van der Waals surface area (Å²) in [5.41, 5.74) is 1.50. The molecule has 0 fully saturated rings. The first-order chi connectivity index (χ1) is 7.79. The van der Waals surface area contributed by atoms with Gasteiger partial charge in [-0.1, -0.05) is 5.92 Å². The monoisotopic (exact) mass is 214 g/mol. The second-order valence-electron chi connectivity index (χ2n) is 3.11. The summed E-state index contributed by atoms with van der Waals surface area (Å²) in [6.45, 7) is 2.08. The fraction of sp³-hybridized carbons (Fsp3) is 0.167. The molecule has 0 bridgehead atoms. The van der Waals surface area contributed by atoms with Crippen molar-refractivity contribution in [3.8, 4) is 11.8 Å². The minimum absolute atomic E-state index is 0.336. The molecule has 0 aliphatic rings. The van der Waals surface area contributed by atoms with E-state index in [0.717, 1.165) is 11.0 Å². The van der Waals surface area contributed by atoms with Crippen LogP contribution in [0.3, 0.4) is 0 Å². The molecule has 2 heterocycles. The first-order valence-corrected chi connectivity index (χ1v) is 4.91. The maximum absolute atomic E-state index is 11.0. The molecule has 0 aliphatic heterocycles. The normalized spacial score (nSPS) is 9.56. The summed E-state index contributed by atoms with van der Waals surface area (Å²) in [4.78, 5) is 18.1. The van der Waals surface area contributed by atoms with E-state index >= 15 is 0 Å². The lowest BCUT2D eigenvalue weighted by Gasteiger charge is -1.92. The lowest BCUT2D eigenvalue weighted by atomic mass is 10.2. The first-order valence-electron chi connectivity index (χ1n) is 4.91. The second-order valence-corrected chi connectivity index (χ2v) is 3.11. The van der Waals surface area contributed by atoms with Gasteiger partial charge in [0.05, 0.1) is 6.61 Å². The molecule has 0 aliphatic carbocycles. The number of aromatic nitrogens is 2. The lowest BCUT2D eigenvalue weighted by Crippen LogP contribution is -1.99. The van der Waals surface area contributed by atoms with Crippen molar-refractivity contribution in [2.45, 2.75) is 6.92 Å². The van der Waals surface area contributed by atoms with Crippen LogP contribution in [0.4, 0.5) is 0 Å². The highest BCUT2D eigenvalue weighted by atomic mass is 16.5. The number of nitrogens with zero attached hydrogens (tertiary/aromatic N) is 1. The number of rotatable bonds is 1. The molecule has 0 aromatic carbocycles. The third-order valence-electron chi connectivity index (χ3n) is 1.98. The third-order valence-corrected chi connectivity index (χ3v) is 1.98. The van der Waals surface area contributed by atoms with Crippen LogP contribution < -0.4 is 0 Å². The van der Waals surface area contributed by atoms with Gasteiger partial charge in [0.25, 0.3) is 0 Å². The van der Waals surface area contributed by atoms with Crippen LogP contribution in [0.1, 0.15) is 12.5 Å². The fourth-order valence-corrected chi connectivity index (χ4v) is 1.30. The number of carbonyl (C=O) groups is 1. The highest BCUT2D eigenvalue weighted by molar-refractivity contribution is 5.89. The smallest absolute Gasteiger partial charge is 0.384 e. The molecule has 2 aromatic rings. The predicted molar refractivity (Wildman–Crippen MR) is 59.6 cm³/mol. The molecule has 0 saturated carbocycles. The molecule has 80 valence electrons. The predicted octanol–water partition coefficient (Wildman–Crippen LogP) is 1.48. The highest BCUT2D eigenvalue weighted by Crippen LogP contribution is 2.10. The number of hydrogen-bond donors (Lipinski definition) is 1. The van der Waals surface area contributed by atoms with Gasteiger partial charge in [0.1, 0.15) is 5.65 Å². The maximum Gasteiger partial charge on any atom is 0.384 e. The first kappa shape index (κ1) is 10.2. The summed E-state index contributed by atoms with van der Waals surface area (Å²) in [6.07, 6.45) is 3.42. The number of carbonyl (C=O) groups excluding carboxylic acids is 1. The quantitative estimate of drug-likeness (QED) is 0.577. The molecule has 0 saturated heterocycles. The number of aromatic amines is 1. The zero-order valence-corrected chi connectivity index (χ0v) is 8.78. The molecule has 16 heavy (non-hydrogen) atoms. The summed E-state index contributed by atoms with van der Waals surface area (Å²) in [5, 5.41) is 0.968. The van der Waals surface area contributed by atoms with Crippen LogP contribution in [-0.4, -0.2) is 22.5 Å². The van der Waals surface area contributed by atoms with Gasteiger partial charge >= 0.3 is 5.97 Å². The molecule has 4 heteroatoms. The van der Waals surface area contributed by atoms with Crippen LogP contribution in [0.2, 0.25) is 0 Å². The van der Waals surface area contributed by atoms with Crippen LogP contribution in [-0.2, 0) is 9.53 Å². The van der Waals surface area contributed by atoms with Crippen molar-refractivity contribution in [2.24, 2.45) is 0 Å². The van der Waals surface area contributed by atoms with E-state index in [-0.39, 0.29) is 0 Å². The number of ether oxygens (including phenoxy) is 1. The second kappa shape index (κ2) is 4.49. The molecule has 0 amide bonds. The van der Waals surface area contributed by atoms with Crippen LogP contribution in [0.5, 0.6) is 0 Å². The Labute approximate surface area is 92.6 Å². The van der Waals surface area contributed by atoms with Gasteiger partial charge in [-0.3, -0.25) is 0 Å². The van der Waals surface area contributed by atoms with Gasteiger partial charge in [0.15, 0.2) is 0 Å². The molecule has 0 unspecified atom stereocenters. The fourth-order valence-electron chi connectivity index (χ4n) is 1.30. The molecule has 2 aromatic heterocycles. The summed E-state index contributed by atoms with van der Waals surface area (Å²) in [7, 11) is 0. The van der Waals surface area contributed by atoms with Gasteiger partial charge in [0, 0.05) is 29.3 Å². The van der Waals surface area contributed by atoms with Crippen molar-refractivity contribution >= 4 is 17.0 Å². The standard InChI is InChI=1S/C12H10N2O2/c1-2-16-11(15)4-3-9-7-10-5-6-13-12(10)14-8-9/h5-8H,2H2,1H3,(H,13,14). The van der Waals surface area contributed by atoms with E-state index < -0.39 is 5.97 Å². The van der Waals surface area contributed by atoms with E-state index in [9.17, 15) is 4.79 Å². The zero-order valence-electron chi connectivity index (χ0n) is 8.78. The Morgan fingerprint density at radius 3 is 3.31 bits per heavy atom. The van der Waals surface area contributed by atoms with Gasteiger partial charge in [0.2, 0.25) is 0 Å². The van der Waals surface area contributed by atoms with E-state index in [1.54, 1.807) is 19.3 Å². The minimum atomic E-state index is -0.517. The van der Waals surface area contributed by atoms with Crippen molar-refractivity contribution in [2.75, 3.05) is 6.61 Å². The summed E-state index contributed by atoms with van der Waals surface area (Å²) in [6, 6.07) is 3.77. The molecular formula is C12H10N2O2. The van der Waals surface area contributed by atoms with Gasteiger partial charge in [-0.25, -0.2) is 9.78 Å². The Bertz CT molecular complexity index is 575. The molecular weight excluding hydrogens is 204 g/mol. The van der Waals surface area contributed by atoms with Crippen LogP contribution in [0.25, 0.3) is 11.0 Å². The number of nitrogens with one attached hydrogen (secondary N) is 1. The topological polar surface area (TPSA) is 55.0 Å². The van der Waals surface area contributed by atoms with E-state index in [1.807, 2.05) is 12.1 Å². The van der Waals surface area contributed by atoms with Gasteiger partial charge in [-0.15, -0.1) is 0 Å². The largest absolute Gasteiger partial charge is 0.456 e. The number of pyridine rings is 1. The lowest BCUT2D eigenvalue weighted by molar-refractivity contribution is -0.136. The van der Waals surface area contributed by atoms with E-state index in [0.29, 0.717) is 12.2 Å². The van der Waals surface area contributed by atoms with Crippen molar-refractivity contribution in [1.29, 1.82) is 0 Å². The third kappa shape index (κ3) is 2.20. The molecule has 4 nitrogen and oxygen atoms in total. The van der Waals surface area contributed by atoms with Crippen LogP contribution in [0, 0.1) is 11.8 Å². The van der Waals surface area contributed by atoms with Gasteiger partial charge in [-0.05, 0) is 19.1 Å². The number of H-pyrrole nitrogens is 1. The SMILES string of the molecule is CCOC(=O)C#Cc1cnc2[nH]ccc2c1. The van der Waals surface area contributed by atoms with Crippen molar-refractivity contribution in [1.82, 2.24) is 9.97 Å². The van der Waals surface area contributed by atoms with Crippen molar-refractivity contribution in [3.05, 3.63) is 30.1 Å². The summed E-state index contributed by atoms with van der Waals surface area (Å²) >= 11 is 0. The summed E-state index contributed by atoms with van der Waals surface area (Å²) in [5.74, 6) is 4.59. The molecule has 0 atom stereocenters. The number of esters is 1. The Hall–Kier alpha value is -2.28. The van der Waals surface area contributed by atoms with Crippen molar-refractivity contribution in [3.63, 3.8) is 0 Å². The minimum Gasteiger partial charge on any atom is -0.456 e. The van der Waals surface area contributed by atoms with Crippen LogP contribution in [0.15, 0.2) is 24.5 Å². The Kier molecular flexibility index (Phi) is 2.88. The molecule has 2 rings (SSSR count). The molecule has 0 radical (unpaired) electrons. The zero-order chi connectivity index (χ0) is 11.4. The number of fused-ring (bicyclic) bond motifs is 1. The Morgan fingerprint density at radius 1 is 1.62 bits per heavy atom. The van der Waals surface area contributed by atoms with Crippen molar-refractivity contribution < 1.29 is 9.53 Å². The highest BCUT2D eigenvalue weighted by Gasteiger charge is 1.97. The number of hydrogen-bond acceptors (Lipinski definition) is 3. The average Bonchev–Trinajstić information content (AvgIpc) is 2.74. The molecule has 0 spiro atoms.